The molecule has 1 fully saturated rings. The Balaban J connectivity index is 1.47. The molecule has 3 heterocycles. The second-order valence-corrected chi connectivity index (χ2v) is 6.93. The summed E-state index contributed by atoms with van der Waals surface area (Å²) >= 11 is 5.84. The zero-order valence-corrected chi connectivity index (χ0v) is 15.0. The number of anilines is 2. The van der Waals surface area contributed by atoms with E-state index in [1.807, 2.05) is 24.3 Å². The molecule has 1 aliphatic heterocycles. The fraction of sp³-hybridized carbons (Fsp3) is 0.250. The summed E-state index contributed by atoms with van der Waals surface area (Å²) in [5.41, 5.74) is 0.974. The second kappa shape index (κ2) is 7.30. The summed E-state index contributed by atoms with van der Waals surface area (Å²) in [7, 11) is 0. The first-order valence-electron chi connectivity index (χ1n) is 8.72. The van der Waals surface area contributed by atoms with Crippen molar-refractivity contribution in [3.8, 4) is 0 Å². The molecule has 1 unspecified atom stereocenters. The molecule has 1 N–H and O–H groups in total. The average Bonchev–Trinajstić information content (AvgIpc) is 2.69. The SMILES string of the molecule is O=C(Nc1ccc(Cl)cn1)C1CCCN(c2ccc3ccccc3n2)C1. The Morgan fingerprint density at radius 2 is 2.04 bits per heavy atom. The molecule has 0 spiro atoms. The molecule has 1 aliphatic rings. The van der Waals surface area contributed by atoms with Crippen LogP contribution in [0.5, 0.6) is 0 Å². The molecule has 2 aromatic heterocycles. The van der Waals surface area contributed by atoms with E-state index in [4.69, 9.17) is 16.6 Å². The molecular weight excluding hydrogens is 348 g/mol. The van der Waals surface area contributed by atoms with Gasteiger partial charge in [0.05, 0.1) is 16.5 Å². The Morgan fingerprint density at radius 1 is 1.15 bits per heavy atom. The standard InChI is InChI=1S/C20H19ClN4O/c21-16-8-9-18(22-12-16)24-20(26)15-5-3-11-25(13-15)19-10-7-14-4-1-2-6-17(14)23-19/h1-2,4,6-10,12,15H,3,5,11,13H2,(H,22,24,26). The number of rotatable bonds is 3. The second-order valence-electron chi connectivity index (χ2n) is 6.50. The van der Waals surface area contributed by atoms with Crippen LogP contribution in [-0.4, -0.2) is 29.0 Å². The summed E-state index contributed by atoms with van der Waals surface area (Å²) in [6.45, 7) is 1.57. The van der Waals surface area contributed by atoms with Crippen LogP contribution >= 0.6 is 11.6 Å². The minimum atomic E-state index is -0.0884. The number of nitrogens with zero attached hydrogens (tertiary/aromatic N) is 3. The van der Waals surface area contributed by atoms with Gasteiger partial charge in [0.1, 0.15) is 11.6 Å². The third-order valence-corrected chi connectivity index (χ3v) is 4.90. The highest BCUT2D eigenvalue weighted by Gasteiger charge is 2.26. The Kier molecular flexibility index (Phi) is 4.71. The molecule has 1 atom stereocenters. The predicted octanol–water partition coefficient (Wildman–Crippen LogP) is 4.14. The lowest BCUT2D eigenvalue weighted by molar-refractivity contribution is -0.120. The number of benzene rings is 1. The van der Waals surface area contributed by atoms with Crippen molar-refractivity contribution in [3.05, 3.63) is 59.8 Å². The average molecular weight is 367 g/mol. The van der Waals surface area contributed by atoms with Gasteiger partial charge < -0.3 is 10.2 Å². The maximum absolute atomic E-state index is 12.6. The number of fused-ring (bicyclic) bond motifs is 1. The number of carbonyl (C=O) groups is 1. The molecular formula is C20H19ClN4O. The van der Waals surface area contributed by atoms with Gasteiger partial charge in [0.15, 0.2) is 0 Å². The maximum Gasteiger partial charge on any atom is 0.230 e. The van der Waals surface area contributed by atoms with Gasteiger partial charge in [-0.05, 0) is 43.2 Å². The topological polar surface area (TPSA) is 58.1 Å². The molecule has 0 bridgehead atoms. The highest BCUT2D eigenvalue weighted by molar-refractivity contribution is 6.30. The first-order valence-corrected chi connectivity index (χ1v) is 9.10. The van der Waals surface area contributed by atoms with E-state index in [2.05, 4.69) is 27.3 Å². The smallest absolute Gasteiger partial charge is 0.230 e. The predicted molar refractivity (Wildman–Crippen MR) is 105 cm³/mol. The van der Waals surface area contributed by atoms with Crippen molar-refractivity contribution in [3.63, 3.8) is 0 Å². The van der Waals surface area contributed by atoms with Gasteiger partial charge in [-0.15, -0.1) is 0 Å². The number of para-hydroxylation sites is 1. The molecule has 0 radical (unpaired) electrons. The van der Waals surface area contributed by atoms with E-state index in [1.165, 1.54) is 6.20 Å². The highest BCUT2D eigenvalue weighted by atomic mass is 35.5. The zero-order chi connectivity index (χ0) is 17.9. The Labute approximate surface area is 157 Å². The molecule has 1 aromatic carbocycles. The quantitative estimate of drug-likeness (QED) is 0.756. The molecule has 0 aliphatic carbocycles. The molecule has 4 rings (SSSR count). The molecule has 1 saturated heterocycles. The first kappa shape index (κ1) is 16.8. The molecule has 1 amide bonds. The van der Waals surface area contributed by atoms with Crippen molar-refractivity contribution < 1.29 is 4.79 Å². The summed E-state index contributed by atoms with van der Waals surface area (Å²) < 4.78 is 0. The summed E-state index contributed by atoms with van der Waals surface area (Å²) in [6.07, 6.45) is 3.35. The van der Waals surface area contributed by atoms with Crippen LogP contribution in [0, 0.1) is 5.92 Å². The van der Waals surface area contributed by atoms with Crippen molar-refractivity contribution in [1.29, 1.82) is 0 Å². The number of hydrogen-bond acceptors (Lipinski definition) is 4. The molecule has 26 heavy (non-hydrogen) atoms. The minimum Gasteiger partial charge on any atom is -0.356 e. The number of pyridine rings is 2. The van der Waals surface area contributed by atoms with Crippen molar-refractivity contribution in [2.75, 3.05) is 23.3 Å². The van der Waals surface area contributed by atoms with Crippen LogP contribution in [0.15, 0.2) is 54.7 Å². The van der Waals surface area contributed by atoms with Crippen LogP contribution < -0.4 is 10.2 Å². The van der Waals surface area contributed by atoms with Crippen LogP contribution in [-0.2, 0) is 4.79 Å². The van der Waals surface area contributed by atoms with Gasteiger partial charge in [0, 0.05) is 24.7 Å². The van der Waals surface area contributed by atoms with E-state index in [0.29, 0.717) is 17.4 Å². The number of hydrogen-bond donors (Lipinski definition) is 1. The molecule has 132 valence electrons. The fourth-order valence-electron chi connectivity index (χ4n) is 3.31. The number of nitrogens with one attached hydrogen (secondary N) is 1. The van der Waals surface area contributed by atoms with Crippen LogP contribution in [0.25, 0.3) is 10.9 Å². The lowest BCUT2D eigenvalue weighted by atomic mass is 9.97. The van der Waals surface area contributed by atoms with Crippen LogP contribution in [0.1, 0.15) is 12.8 Å². The van der Waals surface area contributed by atoms with Gasteiger partial charge in [0.25, 0.3) is 0 Å². The number of piperidine rings is 1. The lowest BCUT2D eigenvalue weighted by Crippen LogP contribution is -2.41. The summed E-state index contributed by atoms with van der Waals surface area (Å²) in [4.78, 5) is 23.7. The van der Waals surface area contributed by atoms with Gasteiger partial charge in [-0.2, -0.15) is 0 Å². The van der Waals surface area contributed by atoms with E-state index in [9.17, 15) is 4.79 Å². The van der Waals surface area contributed by atoms with Gasteiger partial charge in [-0.1, -0.05) is 29.8 Å². The normalized spacial score (nSPS) is 17.3. The first-order chi connectivity index (χ1) is 12.7. The van der Waals surface area contributed by atoms with E-state index in [-0.39, 0.29) is 11.8 Å². The van der Waals surface area contributed by atoms with E-state index >= 15 is 0 Å². The fourth-order valence-corrected chi connectivity index (χ4v) is 3.42. The number of aromatic nitrogens is 2. The monoisotopic (exact) mass is 366 g/mol. The highest BCUT2D eigenvalue weighted by Crippen LogP contribution is 2.25. The molecule has 3 aromatic rings. The molecule has 5 nitrogen and oxygen atoms in total. The van der Waals surface area contributed by atoms with Crippen molar-refractivity contribution in [1.82, 2.24) is 9.97 Å². The third-order valence-electron chi connectivity index (χ3n) is 4.68. The summed E-state index contributed by atoms with van der Waals surface area (Å²) in [6, 6.07) is 15.6. The molecule has 0 saturated carbocycles. The minimum absolute atomic E-state index is 0.00897. The van der Waals surface area contributed by atoms with Gasteiger partial charge >= 0.3 is 0 Å². The Bertz CT molecular complexity index is 929. The van der Waals surface area contributed by atoms with Crippen LogP contribution in [0.4, 0.5) is 11.6 Å². The van der Waals surface area contributed by atoms with Crippen LogP contribution in [0.2, 0.25) is 5.02 Å². The largest absolute Gasteiger partial charge is 0.356 e. The lowest BCUT2D eigenvalue weighted by Gasteiger charge is -2.33. The van der Waals surface area contributed by atoms with E-state index in [1.54, 1.807) is 12.1 Å². The summed E-state index contributed by atoms with van der Waals surface area (Å²) in [5, 5.41) is 4.56. The van der Waals surface area contributed by atoms with Gasteiger partial charge in [-0.25, -0.2) is 9.97 Å². The van der Waals surface area contributed by atoms with Crippen molar-refractivity contribution in [2.45, 2.75) is 12.8 Å². The van der Waals surface area contributed by atoms with Crippen LogP contribution in [0.3, 0.4) is 0 Å². The van der Waals surface area contributed by atoms with Crippen molar-refractivity contribution in [2.24, 2.45) is 5.92 Å². The molecule has 6 heteroatoms. The van der Waals surface area contributed by atoms with E-state index < -0.39 is 0 Å². The third kappa shape index (κ3) is 3.63. The van der Waals surface area contributed by atoms with Crippen molar-refractivity contribution >= 4 is 40.0 Å². The number of halogens is 1. The zero-order valence-electron chi connectivity index (χ0n) is 14.2. The maximum atomic E-state index is 12.6. The number of carbonyl (C=O) groups excluding carboxylic acids is 1. The van der Waals surface area contributed by atoms with Gasteiger partial charge in [-0.3, -0.25) is 4.79 Å². The number of amides is 1. The van der Waals surface area contributed by atoms with Gasteiger partial charge in [0.2, 0.25) is 5.91 Å². The van der Waals surface area contributed by atoms with E-state index in [0.717, 1.165) is 36.1 Å². The Hall–Kier alpha value is -2.66. The Morgan fingerprint density at radius 3 is 2.88 bits per heavy atom. The summed E-state index contributed by atoms with van der Waals surface area (Å²) in [5.74, 6) is 1.35.